The summed E-state index contributed by atoms with van der Waals surface area (Å²) in [5, 5.41) is 11.1. The van der Waals surface area contributed by atoms with Crippen molar-refractivity contribution < 1.29 is 9.84 Å². The van der Waals surface area contributed by atoms with Gasteiger partial charge in [0.1, 0.15) is 0 Å². The summed E-state index contributed by atoms with van der Waals surface area (Å²) in [5.41, 5.74) is 0. The van der Waals surface area contributed by atoms with E-state index in [4.69, 9.17) is 17.0 Å². The van der Waals surface area contributed by atoms with Crippen LogP contribution in [-0.2, 0) is 11.3 Å². The number of aromatic hydroxyl groups is 1. The molecule has 1 aliphatic rings. The number of hydrogen-bond acceptors (Lipinski definition) is 4. The third kappa shape index (κ3) is 1.92. The summed E-state index contributed by atoms with van der Waals surface area (Å²) in [7, 11) is 0. The van der Waals surface area contributed by atoms with Crippen molar-refractivity contribution >= 4 is 23.6 Å². The van der Waals surface area contributed by atoms with Crippen LogP contribution in [0.15, 0.2) is 5.38 Å². The highest BCUT2D eigenvalue weighted by atomic mass is 32.1. The van der Waals surface area contributed by atoms with Gasteiger partial charge in [0.25, 0.3) is 0 Å². The van der Waals surface area contributed by atoms with Crippen molar-refractivity contribution in [2.45, 2.75) is 25.5 Å². The van der Waals surface area contributed by atoms with E-state index < -0.39 is 0 Å². The molecule has 0 spiro atoms. The molecule has 0 aromatic carbocycles. The van der Waals surface area contributed by atoms with E-state index in [1.807, 2.05) is 0 Å². The lowest BCUT2D eigenvalue weighted by Crippen LogP contribution is -2.14. The van der Waals surface area contributed by atoms with E-state index >= 15 is 0 Å². The van der Waals surface area contributed by atoms with Gasteiger partial charge in [0.15, 0.2) is 3.95 Å². The van der Waals surface area contributed by atoms with Crippen molar-refractivity contribution in [1.29, 1.82) is 0 Å². The molecule has 1 unspecified atom stereocenters. The number of aromatic nitrogens is 1. The van der Waals surface area contributed by atoms with Crippen molar-refractivity contribution in [3.8, 4) is 5.88 Å². The fourth-order valence-electron chi connectivity index (χ4n) is 1.48. The van der Waals surface area contributed by atoms with E-state index in [1.165, 1.54) is 11.3 Å². The Hall–Kier alpha value is -0.390. The molecule has 2 heterocycles. The van der Waals surface area contributed by atoms with Crippen molar-refractivity contribution in [2.75, 3.05) is 6.61 Å². The van der Waals surface area contributed by atoms with Crippen LogP contribution in [0.2, 0.25) is 0 Å². The molecule has 0 aliphatic carbocycles. The lowest BCUT2D eigenvalue weighted by molar-refractivity contribution is 0.0948. The highest BCUT2D eigenvalue weighted by molar-refractivity contribution is 7.73. The topological polar surface area (TPSA) is 34.4 Å². The first kappa shape index (κ1) is 9.18. The Morgan fingerprint density at radius 1 is 1.77 bits per heavy atom. The van der Waals surface area contributed by atoms with Gasteiger partial charge < -0.3 is 9.84 Å². The summed E-state index contributed by atoms with van der Waals surface area (Å²) in [6, 6.07) is 0. The summed E-state index contributed by atoms with van der Waals surface area (Å²) in [4.78, 5) is 0. The van der Waals surface area contributed by atoms with Crippen LogP contribution in [0.1, 0.15) is 12.8 Å². The van der Waals surface area contributed by atoms with Gasteiger partial charge in [-0.2, -0.15) is 0 Å². The molecule has 1 aromatic rings. The van der Waals surface area contributed by atoms with Gasteiger partial charge in [-0.05, 0) is 25.1 Å². The Bertz CT molecular complexity index is 338. The molecule has 1 atom stereocenters. The first-order valence-electron chi connectivity index (χ1n) is 4.26. The Morgan fingerprint density at radius 3 is 3.15 bits per heavy atom. The molecule has 5 heteroatoms. The fraction of sp³-hybridized carbons (Fsp3) is 0.625. The van der Waals surface area contributed by atoms with E-state index in [0.717, 1.165) is 19.4 Å². The number of hydrogen-bond donors (Lipinski definition) is 1. The molecule has 13 heavy (non-hydrogen) atoms. The lowest BCUT2D eigenvalue weighted by Gasteiger charge is -2.10. The molecule has 0 bridgehead atoms. The Labute approximate surface area is 85.6 Å². The van der Waals surface area contributed by atoms with Crippen LogP contribution in [-0.4, -0.2) is 22.4 Å². The Morgan fingerprint density at radius 2 is 2.62 bits per heavy atom. The maximum atomic E-state index is 9.44. The largest absolute Gasteiger partial charge is 0.494 e. The normalized spacial score (nSPS) is 22.3. The first-order chi connectivity index (χ1) is 6.27. The highest BCUT2D eigenvalue weighted by Crippen LogP contribution is 2.21. The molecule has 0 radical (unpaired) electrons. The molecule has 0 saturated carbocycles. The second-order valence-corrected chi connectivity index (χ2v) is 4.61. The van der Waals surface area contributed by atoms with Gasteiger partial charge in [0, 0.05) is 6.61 Å². The smallest absolute Gasteiger partial charge is 0.203 e. The molecule has 1 fully saturated rings. The molecule has 1 aliphatic heterocycles. The van der Waals surface area contributed by atoms with E-state index in [-0.39, 0.29) is 12.0 Å². The van der Waals surface area contributed by atoms with E-state index in [1.54, 1.807) is 9.95 Å². The van der Waals surface area contributed by atoms with Gasteiger partial charge in [0.2, 0.25) is 5.88 Å². The summed E-state index contributed by atoms with van der Waals surface area (Å²) in [6.07, 6.45) is 2.41. The molecule has 0 amide bonds. The third-order valence-electron chi connectivity index (χ3n) is 2.17. The van der Waals surface area contributed by atoms with Crippen LogP contribution in [0.25, 0.3) is 0 Å². The summed E-state index contributed by atoms with van der Waals surface area (Å²) in [6.45, 7) is 1.52. The summed E-state index contributed by atoms with van der Waals surface area (Å²) >= 11 is 6.46. The zero-order valence-electron chi connectivity index (χ0n) is 7.10. The van der Waals surface area contributed by atoms with Crippen molar-refractivity contribution in [2.24, 2.45) is 0 Å². The average molecular weight is 217 g/mol. The van der Waals surface area contributed by atoms with Crippen LogP contribution in [0.3, 0.4) is 0 Å². The molecule has 1 N–H and O–H groups in total. The summed E-state index contributed by atoms with van der Waals surface area (Å²) < 4.78 is 7.91. The highest BCUT2D eigenvalue weighted by Gasteiger charge is 2.17. The van der Waals surface area contributed by atoms with Crippen LogP contribution in [0.5, 0.6) is 5.88 Å². The second kappa shape index (κ2) is 3.77. The van der Waals surface area contributed by atoms with Crippen LogP contribution >= 0.6 is 23.6 Å². The molecule has 1 aromatic heterocycles. The third-order valence-corrected chi connectivity index (χ3v) is 3.43. The standard InChI is InChI=1S/C8H11NO2S2/c10-7-5-13-8(12)9(7)4-6-2-1-3-11-6/h5-6,10H,1-4H2. The maximum Gasteiger partial charge on any atom is 0.203 e. The minimum Gasteiger partial charge on any atom is -0.494 e. The predicted octanol–water partition coefficient (Wildman–Crippen LogP) is 2.16. The number of ether oxygens (including phenoxy) is 1. The minimum atomic E-state index is 0.229. The quantitative estimate of drug-likeness (QED) is 0.771. The van der Waals surface area contributed by atoms with Gasteiger partial charge >= 0.3 is 0 Å². The van der Waals surface area contributed by atoms with E-state index in [9.17, 15) is 5.11 Å². The fourth-order valence-corrected chi connectivity index (χ4v) is 2.43. The molecule has 2 rings (SSSR count). The van der Waals surface area contributed by atoms with Gasteiger partial charge in [0.05, 0.1) is 18.0 Å². The Kier molecular flexibility index (Phi) is 2.66. The molecule has 72 valence electrons. The van der Waals surface area contributed by atoms with Crippen LogP contribution in [0, 0.1) is 3.95 Å². The zero-order valence-corrected chi connectivity index (χ0v) is 8.74. The predicted molar refractivity (Wildman–Crippen MR) is 53.8 cm³/mol. The van der Waals surface area contributed by atoms with Crippen molar-refractivity contribution in [3.63, 3.8) is 0 Å². The number of nitrogens with zero attached hydrogens (tertiary/aromatic N) is 1. The maximum absolute atomic E-state index is 9.44. The molecule has 3 nitrogen and oxygen atoms in total. The summed E-state index contributed by atoms with van der Waals surface area (Å²) in [5.74, 6) is 0.255. The monoisotopic (exact) mass is 217 g/mol. The average Bonchev–Trinajstić information content (AvgIpc) is 2.70. The van der Waals surface area contributed by atoms with Gasteiger partial charge in [-0.3, -0.25) is 4.57 Å². The second-order valence-electron chi connectivity index (χ2n) is 3.11. The van der Waals surface area contributed by atoms with Crippen molar-refractivity contribution in [1.82, 2.24) is 4.57 Å². The lowest BCUT2D eigenvalue weighted by atomic mass is 10.2. The number of rotatable bonds is 2. The van der Waals surface area contributed by atoms with Crippen LogP contribution in [0.4, 0.5) is 0 Å². The van der Waals surface area contributed by atoms with E-state index in [2.05, 4.69) is 0 Å². The molecular weight excluding hydrogens is 206 g/mol. The zero-order chi connectivity index (χ0) is 9.26. The first-order valence-corrected chi connectivity index (χ1v) is 5.55. The number of thiazole rings is 1. The Balaban J connectivity index is 2.12. The SMILES string of the molecule is Oc1csc(=S)n1CC1CCCO1. The molecule has 1 saturated heterocycles. The van der Waals surface area contributed by atoms with Crippen LogP contribution < -0.4 is 0 Å². The van der Waals surface area contributed by atoms with Gasteiger partial charge in [-0.15, -0.1) is 11.3 Å². The minimum absolute atomic E-state index is 0.229. The van der Waals surface area contributed by atoms with Gasteiger partial charge in [-0.1, -0.05) is 0 Å². The van der Waals surface area contributed by atoms with E-state index in [0.29, 0.717) is 10.5 Å². The van der Waals surface area contributed by atoms with Crippen molar-refractivity contribution in [3.05, 3.63) is 9.33 Å². The van der Waals surface area contributed by atoms with Gasteiger partial charge in [-0.25, -0.2) is 0 Å². The molecular formula is C8H11NO2S2.